The molecule has 1 aromatic carbocycles. The van der Waals surface area contributed by atoms with Crippen molar-refractivity contribution in [2.45, 2.75) is 78.9 Å². The van der Waals surface area contributed by atoms with Gasteiger partial charge in [-0.25, -0.2) is 0 Å². The minimum absolute atomic E-state index is 0.189. The lowest BCUT2D eigenvalue weighted by Crippen LogP contribution is -2.41. The van der Waals surface area contributed by atoms with Gasteiger partial charge < -0.3 is 9.47 Å². The van der Waals surface area contributed by atoms with Crippen LogP contribution in [0.4, 0.5) is 0 Å². The van der Waals surface area contributed by atoms with Gasteiger partial charge in [0.05, 0.1) is 0 Å². The predicted molar refractivity (Wildman–Crippen MR) is 104 cm³/mol. The molecule has 2 heteroatoms. The first-order valence-electron chi connectivity index (χ1n) is 9.64. The fourth-order valence-electron chi connectivity index (χ4n) is 2.73. The number of ether oxygens (including phenoxy) is 2. The van der Waals surface area contributed by atoms with E-state index in [1.807, 2.05) is 26.0 Å². The molecule has 0 aromatic heterocycles. The molecule has 0 bridgehead atoms. The molecule has 24 heavy (non-hydrogen) atoms. The van der Waals surface area contributed by atoms with Crippen molar-refractivity contribution in [3.8, 4) is 5.75 Å². The summed E-state index contributed by atoms with van der Waals surface area (Å²) < 4.78 is 12.2. The maximum atomic E-state index is 6.23. The molecule has 0 spiro atoms. The average molecular weight is 333 g/mol. The second-order valence-corrected chi connectivity index (χ2v) is 6.61. The van der Waals surface area contributed by atoms with E-state index in [-0.39, 0.29) is 5.92 Å². The van der Waals surface area contributed by atoms with Gasteiger partial charge in [0.15, 0.2) is 0 Å². The van der Waals surface area contributed by atoms with E-state index < -0.39 is 5.79 Å². The number of benzene rings is 1. The van der Waals surface area contributed by atoms with Crippen molar-refractivity contribution in [1.29, 1.82) is 0 Å². The quantitative estimate of drug-likeness (QED) is 0.246. The van der Waals surface area contributed by atoms with E-state index in [0.29, 0.717) is 6.61 Å². The topological polar surface area (TPSA) is 18.5 Å². The summed E-state index contributed by atoms with van der Waals surface area (Å²) in [4.78, 5) is 0. The van der Waals surface area contributed by atoms with Crippen LogP contribution in [0.5, 0.6) is 5.75 Å². The van der Waals surface area contributed by atoms with Gasteiger partial charge in [-0.1, -0.05) is 64.3 Å². The van der Waals surface area contributed by atoms with E-state index in [1.54, 1.807) is 0 Å². The minimum Gasteiger partial charge on any atom is -0.462 e. The molecule has 0 saturated carbocycles. The number of aryl methyl sites for hydroxylation is 1. The average Bonchev–Trinajstić information content (AvgIpc) is 2.58. The molecule has 1 rings (SSSR count). The Morgan fingerprint density at radius 3 is 2.33 bits per heavy atom. The van der Waals surface area contributed by atoms with Gasteiger partial charge in [0, 0.05) is 19.4 Å². The molecule has 0 amide bonds. The molecule has 0 fully saturated rings. The summed E-state index contributed by atoms with van der Waals surface area (Å²) >= 11 is 0. The molecule has 2 atom stereocenters. The van der Waals surface area contributed by atoms with Crippen LogP contribution in [-0.2, 0) is 11.2 Å². The Morgan fingerprint density at radius 1 is 1.04 bits per heavy atom. The first kappa shape index (κ1) is 20.8. The van der Waals surface area contributed by atoms with E-state index in [9.17, 15) is 0 Å². The SMILES string of the molecule is CCCCCC/C=C/C(C)C(C)(OCC)Oc1ccc(CC)cc1. The Morgan fingerprint density at radius 2 is 1.75 bits per heavy atom. The standard InChI is InChI=1S/C22H36O2/c1-6-9-10-11-12-13-14-19(4)22(5,23-8-3)24-21-17-15-20(7-2)16-18-21/h13-19H,6-12H2,1-5H3/b14-13+. The minimum atomic E-state index is -0.637. The summed E-state index contributed by atoms with van der Waals surface area (Å²) in [5.74, 6) is 0.420. The lowest BCUT2D eigenvalue weighted by molar-refractivity contribution is -0.188. The zero-order valence-electron chi connectivity index (χ0n) is 16.3. The van der Waals surface area contributed by atoms with Gasteiger partial charge in [0.2, 0.25) is 5.79 Å². The number of unbranched alkanes of at least 4 members (excludes halogenated alkanes) is 4. The summed E-state index contributed by atoms with van der Waals surface area (Å²) in [5.41, 5.74) is 1.32. The van der Waals surface area contributed by atoms with Crippen LogP contribution in [0.1, 0.15) is 72.3 Å². The van der Waals surface area contributed by atoms with Gasteiger partial charge in [-0.3, -0.25) is 0 Å². The number of hydrogen-bond acceptors (Lipinski definition) is 2. The fraction of sp³-hybridized carbons (Fsp3) is 0.636. The van der Waals surface area contributed by atoms with Crippen LogP contribution >= 0.6 is 0 Å². The normalized spacial score (nSPS) is 15.4. The first-order chi connectivity index (χ1) is 11.6. The highest BCUT2D eigenvalue weighted by Crippen LogP contribution is 2.28. The molecule has 0 heterocycles. The van der Waals surface area contributed by atoms with Crippen LogP contribution in [0.15, 0.2) is 36.4 Å². The van der Waals surface area contributed by atoms with Crippen LogP contribution in [-0.4, -0.2) is 12.4 Å². The first-order valence-corrected chi connectivity index (χ1v) is 9.64. The van der Waals surface area contributed by atoms with Crippen molar-refractivity contribution < 1.29 is 9.47 Å². The van der Waals surface area contributed by atoms with Crippen LogP contribution in [0.3, 0.4) is 0 Å². The zero-order valence-corrected chi connectivity index (χ0v) is 16.3. The number of rotatable bonds is 12. The Hall–Kier alpha value is -1.28. The Bertz CT molecular complexity index is 463. The summed E-state index contributed by atoms with van der Waals surface area (Å²) in [5, 5.41) is 0. The molecule has 2 nitrogen and oxygen atoms in total. The van der Waals surface area contributed by atoms with E-state index in [2.05, 4.69) is 45.1 Å². The van der Waals surface area contributed by atoms with Gasteiger partial charge in [0.1, 0.15) is 5.75 Å². The van der Waals surface area contributed by atoms with Crippen LogP contribution < -0.4 is 4.74 Å². The van der Waals surface area contributed by atoms with Gasteiger partial charge in [-0.2, -0.15) is 0 Å². The Balaban J connectivity index is 2.65. The summed E-state index contributed by atoms with van der Waals surface area (Å²) in [6, 6.07) is 8.32. The second kappa shape index (κ2) is 11.3. The molecular formula is C22H36O2. The van der Waals surface area contributed by atoms with Crippen molar-refractivity contribution >= 4 is 0 Å². The van der Waals surface area contributed by atoms with Gasteiger partial charge in [-0.15, -0.1) is 0 Å². The third-order valence-corrected chi connectivity index (χ3v) is 4.56. The number of allylic oxidation sites excluding steroid dienone is 1. The van der Waals surface area contributed by atoms with Crippen LogP contribution in [0.25, 0.3) is 0 Å². The highest BCUT2D eigenvalue weighted by Gasteiger charge is 2.32. The van der Waals surface area contributed by atoms with E-state index in [4.69, 9.17) is 9.47 Å². The fourth-order valence-corrected chi connectivity index (χ4v) is 2.73. The maximum Gasteiger partial charge on any atom is 0.213 e. The van der Waals surface area contributed by atoms with Crippen LogP contribution in [0, 0.1) is 5.92 Å². The molecule has 0 saturated heterocycles. The molecule has 0 aliphatic heterocycles. The summed E-state index contributed by atoms with van der Waals surface area (Å²) in [7, 11) is 0. The maximum absolute atomic E-state index is 6.23. The Labute approximate surface area is 149 Å². The predicted octanol–water partition coefficient (Wildman–Crippen LogP) is 6.54. The molecule has 1 aromatic rings. The third-order valence-electron chi connectivity index (χ3n) is 4.56. The second-order valence-electron chi connectivity index (χ2n) is 6.61. The smallest absolute Gasteiger partial charge is 0.213 e. The van der Waals surface area contributed by atoms with E-state index >= 15 is 0 Å². The van der Waals surface area contributed by atoms with E-state index in [1.165, 1.54) is 31.2 Å². The van der Waals surface area contributed by atoms with Gasteiger partial charge in [0.25, 0.3) is 0 Å². The molecule has 0 N–H and O–H groups in total. The molecular weight excluding hydrogens is 296 g/mol. The van der Waals surface area contributed by atoms with Crippen LogP contribution in [0.2, 0.25) is 0 Å². The van der Waals surface area contributed by atoms with Crippen molar-refractivity contribution in [3.05, 3.63) is 42.0 Å². The number of hydrogen-bond donors (Lipinski definition) is 0. The summed E-state index contributed by atoms with van der Waals surface area (Å²) in [6.07, 6.45) is 11.9. The molecule has 0 radical (unpaired) electrons. The molecule has 0 aliphatic rings. The van der Waals surface area contributed by atoms with Crippen molar-refractivity contribution in [3.63, 3.8) is 0 Å². The highest BCUT2D eigenvalue weighted by molar-refractivity contribution is 5.27. The third kappa shape index (κ3) is 7.09. The molecule has 0 aliphatic carbocycles. The van der Waals surface area contributed by atoms with Crippen molar-refractivity contribution in [2.75, 3.05) is 6.61 Å². The van der Waals surface area contributed by atoms with Gasteiger partial charge >= 0.3 is 0 Å². The van der Waals surface area contributed by atoms with Gasteiger partial charge in [-0.05, 0) is 43.9 Å². The summed E-state index contributed by atoms with van der Waals surface area (Å²) in [6.45, 7) is 11.3. The van der Waals surface area contributed by atoms with Crippen molar-refractivity contribution in [1.82, 2.24) is 0 Å². The zero-order chi connectivity index (χ0) is 17.8. The van der Waals surface area contributed by atoms with E-state index in [0.717, 1.165) is 18.6 Å². The molecule has 2 unspecified atom stereocenters. The lowest BCUT2D eigenvalue weighted by atomic mass is 10.00. The van der Waals surface area contributed by atoms with Crippen molar-refractivity contribution in [2.24, 2.45) is 5.92 Å². The molecule has 136 valence electrons. The lowest BCUT2D eigenvalue weighted by Gasteiger charge is -2.34. The largest absolute Gasteiger partial charge is 0.462 e. The Kier molecular flexibility index (Phi) is 9.78. The monoisotopic (exact) mass is 332 g/mol. The highest BCUT2D eigenvalue weighted by atomic mass is 16.7.